The molecule has 0 saturated carbocycles. The largest absolute Gasteiger partial charge is 0.392 e. The number of fused-ring (bicyclic) bond motifs is 1. The van der Waals surface area contributed by atoms with Gasteiger partial charge in [0.25, 0.3) is 0 Å². The third-order valence-electron chi connectivity index (χ3n) is 5.53. The molecule has 0 spiro atoms. The Bertz CT molecular complexity index is 892. The number of urea groups is 1. The van der Waals surface area contributed by atoms with E-state index in [1.807, 2.05) is 67.6 Å². The van der Waals surface area contributed by atoms with Crippen molar-refractivity contribution in [3.8, 4) is 0 Å². The minimum absolute atomic E-state index is 0.154. The molecule has 3 unspecified atom stereocenters. The van der Waals surface area contributed by atoms with Gasteiger partial charge in [-0.3, -0.25) is 9.80 Å². The molecule has 4 rings (SSSR count). The highest BCUT2D eigenvalue weighted by Gasteiger charge is 2.72. The molecule has 3 atom stereocenters. The van der Waals surface area contributed by atoms with Crippen molar-refractivity contribution in [1.29, 1.82) is 0 Å². The summed E-state index contributed by atoms with van der Waals surface area (Å²) < 4.78 is 0. The number of nitrogens with one attached hydrogen (secondary N) is 2. The second-order valence-corrected chi connectivity index (χ2v) is 7.63. The Balaban J connectivity index is 2.06. The van der Waals surface area contributed by atoms with Crippen LogP contribution in [0.1, 0.15) is 25.0 Å². The van der Waals surface area contributed by atoms with Crippen LogP contribution < -0.4 is 10.6 Å². The van der Waals surface area contributed by atoms with Crippen molar-refractivity contribution >= 4 is 23.4 Å². The first-order chi connectivity index (χ1) is 13.5. The van der Waals surface area contributed by atoms with E-state index in [1.54, 1.807) is 16.7 Å². The fraction of sp³-hybridized carbons (Fsp3) is 0.333. The zero-order valence-corrected chi connectivity index (χ0v) is 16.7. The highest BCUT2D eigenvalue weighted by Crippen LogP contribution is 2.53. The van der Waals surface area contributed by atoms with Gasteiger partial charge in [0.1, 0.15) is 0 Å². The summed E-state index contributed by atoms with van der Waals surface area (Å²) >= 11 is 5.57. The van der Waals surface area contributed by atoms with Crippen molar-refractivity contribution in [3.05, 3.63) is 71.8 Å². The predicted octanol–water partition coefficient (Wildman–Crippen LogP) is 2.31. The second-order valence-electron chi connectivity index (χ2n) is 7.22. The molecule has 2 fully saturated rings. The Kier molecular flexibility index (Phi) is 4.51. The van der Waals surface area contributed by atoms with Gasteiger partial charge in [0.2, 0.25) is 0 Å². The maximum Gasteiger partial charge on any atom is 0.324 e. The number of carbonyl (C=O) groups excluding carboxylic acids is 1. The molecular formula is C21H24N4O2S. The predicted molar refractivity (Wildman–Crippen MR) is 111 cm³/mol. The Labute approximate surface area is 170 Å². The normalized spacial score (nSPS) is 27.4. The van der Waals surface area contributed by atoms with E-state index in [-0.39, 0.29) is 12.6 Å². The van der Waals surface area contributed by atoms with E-state index in [0.29, 0.717) is 11.7 Å². The quantitative estimate of drug-likeness (QED) is 0.677. The summed E-state index contributed by atoms with van der Waals surface area (Å²) in [5, 5.41) is 17.5. The first-order valence-electron chi connectivity index (χ1n) is 9.46. The van der Waals surface area contributed by atoms with E-state index in [2.05, 4.69) is 10.6 Å². The molecule has 0 aromatic heterocycles. The van der Waals surface area contributed by atoms with Crippen LogP contribution in [0.3, 0.4) is 0 Å². The van der Waals surface area contributed by atoms with Gasteiger partial charge in [0, 0.05) is 17.7 Å². The van der Waals surface area contributed by atoms with Gasteiger partial charge >= 0.3 is 6.03 Å². The number of thiocarbonyl (C=S) groups is 1. The van der Waals surface area contributed by atoms with Crippen LogP contribution in [0.5, 0.6) is 0 Å². The van der Waals surface area contributed by atoms with Crippen LogP contribution >= 0.6 is 12.2 Å². The summed E-state index contributed by atoms with van der Waals surface area (Å²) in [6, 6.07) is 19.5. The number of amides is 2. The minimum Gasteiger partial charge on any atom is -0.392 e. The van der Waals surface area contributed by atoms with E-state index < -0.39 is 17.4 Å². The molecule has 0 aliphatic carbocycles. The Morgan fingerprint density at radius 1 is 0.964 bits per heavy atom. The standard InChI is InChI=1S/C21H24N4O2S/c1-3-24-19(27)25(14-15(2)26)21(17-12-8-5-9-13-17)20(24,22-18(28)23-21)16-10-6-4-7-11-16/h4-13,15,26H,3,14H2,1-2H3,(H2,22,23,28). The highest BCUT2D eigenvalue weighted by atomic mass is 32.1. The van der Waals surface area contributed by atoms with Gasteiger partial charge in [-0.1, -0.05) is 60.7 Å². The van der Waals surface area contributed by atoms with Gasteiger partial charge in [-0.05, 0) is 26.1 Å². The molecule has 2 amide bonds. The Morgan fingerprint density at radius 3 is 1.86 bits per heavy atom. The lowest BCUT2D eigenvalue weighted by atomic mass is 9.81. The lowest BCUT2D eigenvalue weighted by Crippen LogP contribution is -2.63. The Hall–Kier alpha value is -2.64. The lowest BCUT2D eigenvalue weighted by Gasteiger charge is -2.45. The molecule has 6 nitrogen and oxygen atoms in total. The fourth-order valence-corrected chi connectivity index (χ4v) is 4.88. The summed E-state index contributed by atoms with van der Waals surface area (Å²) in [6.45, 7) is 4.30. The van der Waals surface area contributed by atoms with Crippen LogP contribution in [-0.4, -0.2) is 45.2 Å². The van der Waals surface area contributed by atoms with E-state index in [1.165, 1.54) is 0 Å². The van der Waals surface area contributed by atoms with Crippen molar-refractivity contribution in [2.45, 2.75) is 31.3 Å². The number of rotatable bonds is 5. The molecule has 7 heteroatoms. The average molecular weight is 397 g/mol. The van der Waals surface area contributed by atoms with Crippen molar-refractivity contribution in [1.82, 2.24) is 20.4 Å². The van der Waals surface area contributed by atoms with Crippen molar-refractivity contribution in [2.75, 3.05) is 13.1 Å². The number of aliphatic hydroxyl groups is 1. The summed E-state index contributed by atoms with van der Waals surface area (Å²) in [5.41, 5.74) is -0.102. The lowest BCUT2D eigenvalue weighted by molar-refractivity contribution is 0.0231. The number of aliphatic hydroxyl groups excluding tert-OH is 1. The van der Waals surface area contributed by atoms with Gasteiger partial charge in [0.15, 0.2) is 16.4 Å². The van der Waals surface area contributed by atoms with Crippen molar-refractivity contribution < 1.29 is 9.90 Å². The first-order valence-corrected chi connectivity index (χ1v) is 9.87. The molecule has 2 aliphatic rings. The van der Waals surface area contributed by atoms with Crippen LogP contribution in [0.15, 0.2) is 60.7 Å². The van der Waals surface area contributed by atoms with Crippen molar-refractivity contribution in [3.63, 3.8) is 0 Å². The van der Waals surface area contributed by atoms with E-state index in [4.69, 9.17) is 12.2 Å². The number of nitrogens with zero attached hydrogens (tertiary/aromatic N) is 2. The smallest absolute Gasteiger partial charge is 0.324 e. The second kappa shape index (κ2) is 6.76. The van der Waals surface area contributed by atoms with Crippen LogP contribution in [0.2, 0.25) is 0 Å². The van der Waals surface area contributed by atoms with Crippen LogP contribution in [0.25, 0.3) is 0 Å². The molecule has 2 aromatic rings. The van der Waals surface area contributed by atoms with E-state index in [9.17, 15) is 9.90 Å². The van der Waals surface area contributed by atoms with Gasteiger partial charge in [-0.25, -0.2) is 4.79 Å². The molecule has 2 aliphatic heterocycles. The molecule has 28 heavy (non-hydrogen) atoms. The molecule has 2 saturated heterocycles. The minimum atomic E-state index is -0.989. The summed E-state index contributed by atoms with van der Waals surface area (Å²) in [5.74, 6) is 0. The molecule has 0 bridgehead atoms. The van der Waals surface area contributed by atoms with Crippen LogP contribution in [0.4, 0.5) is 4.79 Å². The number of likely N-dealkylation sites (N-methyl/N-ethyl adjacent to an activating group) is 1. The third-order valence-corrected chi connectivity index (χ3v) is 5.73. The number of β-amino-alcohol motifs (C(OH)–C–C–N with tert-alkyl or cyclic N) is 1. The van der Waals surface area contributed by atoms with E-state index >= 15 is 0 Å². The molecule has 3 N–H and O–H groups in total. The van der Waals surface area contributed by atoms with Gasteiger partial charge in [-0.15, -0.1) is 0 Å². The summed E-state index contributed by atoms with van der Waals surface area (Å²) in [6.07, 6.45) is -0.689. The number of benzene rings is 2. The zero-order valence-electron chi connectivity index (χ0n) is 15.9. The zero-order chi connectivity index (χ0) is 19.9. The number of hydrogen-bond donors (Lipinski definition) is 3. The summed E-state index contributed by atoms with van der Waals surface area (Å²) in [4.78, 5) is 17.1. The SMILES string of the molecule is CCN1C(=O)N(CC(C)O)C2(c3ccccc3)NC(=S)NC12c1ccccc1. The molecule has 146 valence electrons. The Morgan fingerprint density at radius 2 is 1.43 bits per heavy atom. The van der Waals surface area contributed by atoms with Gasteiger partial charge in [0.05, 0.1) is 12.6 Å². The fourth-order valence-electron chi connectivity index (χ4n) is 4.58. The molecule has 2 aromatic carbocycles. The van der Waals surface area contributed by atoms with Crippen LogP contribution in [-0.2, 0) is 11.3 Å². The van der Waals surface area contributed by atoms with Gasteiger partial charge in [-0.2, -0.15) is 0 Å². The maximum atomic E-state index is 13.6. The third kappa shape index (κ3) is 2.36. The maximum absolute atomic E-state index is 13.6. The highest BCUT2D eigenvalue weighted by molar-refractivity contribution is 7.80. The summed E-state index contributed by atoms with van der Waals surface area (Å²) in [7, 11) is 0. The van der Waals surface area contributed by atoms with E-state index in [0.717, 1.165) is 11.1 Å². The number of carbonyl (C=O) groups is 1. The number of hydrogen-bond acceptors (Lipinski definition) is 3. The van der Waals surface area contributed by atoms with Gasteiger partial charge < -0.3 is 15.7 Å². The monoisotopic (exact) mass is 396 g/mol. The van der Waals surface area contributed by atoms with Crippen molar-refractivity contribution in [2.24, 2.45) is 0 Å². The first kappa shape index (κ1) is 18.7. The topological polar surface area (TPSA) is 67.8 Å². The molecular weight excluding hydrogens is 372 g/mol. The van der Waals surface area contributed by atoms with Crippen LogP contribution in [0, 0.1) is 0 Å². The molecule has 0 radical (unpaired) electrons. The molecule has 2 heterocycles. The average Bonchev–Trinajstić information content (AvgIpc) is 3.10.